The Hall–Kier alpha value is -5.04. The van der Waals surface area contributed by atoms with Crippen molar-refractivity contribution in [3.05, 3.63) is 108 Å². The molecule has 260 valence electrons. The van der Waals surface area contributed by atoms with Gasteiger partial charge in [0, 0.05) is 44.8 Å². The average Bonchev–Trinajstić information content (AvgIpc) is 3.06. The lowest BCUT2D eigenvalue weighted by Crippen LogP contribution is -2.76. The molecule has 2 atom stereocenters. The van der Waals surface area contributed by atoms with Crippen LogP contribution in [0.15, 0.2) is 85.5 Å². The predicted octanol–water partition coefficient (Wildman–Crippen LogP) is 4.99. The van der Waals surface area contributed by atoms with Crippen molar-refractivity contribution in [2.75, 3.05) is 31.6 Å². The van der Waals surface area contributed by atoms with Crippen molar-refractivity contribution in [2.45, 2.75) is 57.8 Å². The number of aromatic hydroxyl groups is 1. The Morgan fingerprint density at radius 3 is 2.37 bits per heavy atom. The number of halogens is 3. The first-order chi connectivity index (χ1) is 23.3. The molecule has 2 aliphatic heterocycles. The largest absolute Gasteiger partial charge is 0.508 e. The Kier molecular flexibility index (Phi) is 10.5. The first-order valence-corrected chi connectivity index (χ1v) is 16.1. The number of anilines is 1. The van der Waals surface area contributed by atoms with E-state index in [2.05, 4.69) is 11.9 Å². The van der Waals surface area contributed by atoms with Crippen LogP contribution in [0.25, 0.3) is 0 Å². The lowest BCUT2D eigenvalue weighted by Gasteiger charge is -2.55. The Balaban J connectivity index is 1.55. The minimum atomic E-state index is -4.62. The molecule has 0 radical (unpaired) electrons. The van der Waals surface area contributed by atoms with Gasteiger partial charge in [-0.2, -0.15) is 13.2 Å². The minimum absolute atomic E-state index is 0.0281. The molecule has 2 aliphatic rings. The van der Waals surface area contributed by atoms with Crippen molar-refractivity contribution in [3.8, 4) is 5.75 Å². The SMILES string of the molecule is C=CCN1CC(=O)N2C(CN(Cc3cc(N(C)C(C)C)cc(C(F)(F)F)c3)C(=O)[C@@H]2Cc2ccc(O)cc2)N1C(=O)NCc1ccccc1. The van der Waals surface area contributed by atoms with E-state index in [1.165, 1.54) is 26.9 Å². The highest BCUT2D eigenvalue weighted by Crippen LogP contribution is 2.35. The summed E-state index contributed by atoms with van der Waals surface area (Å²) in [5, 5.41) is 15.7. The number of carbonyl (C=O) groups is 3. The summed E-state index contributed by atoms with van der Waals surface area (Å²) in [5.74, 6) is -0.813. The summed E-state index contributed by atoms with van der Waals surface area (Å²) in [6, 6.07) is 17.6. The molecule has 0 aliphatic carbocycles. The van der Waals surface area contributed by atoms with E-state index < -0.39 is 35.9 Å². The van der Waals surface area contributed by atoms with Gasteiger partial charge in [0.15, 0.2) is 0 Å². The van der Waals surface area contributed by atoms with Crippen LogP contribution in [0.1, 0.15) is 36.1 Å². The van der Waals surface area contributed by atoms with Crippen LogP contribution in [0.3, 0.4) is 0 Å². The number of nitrogens with zero attached hydrogens (tertiary/aromatic N) is 5. The summed E-state index contributed by atoms with van der Waals surface area (Å²) in [7, 11) is 1.70. The molecule has 3 aromatic carbocycles. The topological polar surface area (TPSA) is 99.7 Å². The third-order valence-electron chi connectivity index (χ3n) is 8.89. The van der Waals surface area contributed by atoms with E-state index in [-0.39, 0.29) is 62.4 Å². The summed E-state index contributed by atoms with van der Waals surface area (Å²) in [6.07, 6.45) is -3.97. The number of hydrogen-bond donors (Lipinski definition) is 2. The number of fused-ring (bicyclic) bond motifs is 1. The number of piperazine rings is 1. The number of phenols is 1. The van der Waals surface area contributed by atoms with Crippen LogP contribution in [0, 0.1) is 0 Å². The summed E-state index contributed by atoms with van der Waals surface area (Å²) in [4.78, 5) is 46.6. The van der Waals surface area contributed by atoms with Gasteiger partial charge in [-0.15, -0.1) is 6.58 Å². The molecule has 1 unspecified atom stereocenters. The maximum Gasteiger partial charge on any atom is 0.416 e. The maximum absolute atomic E-state index is 14.3. The number of nitrogens with one attached hydrogen (secondary N) is 1. The van der Waals surface area contributed by atoms with Gasteiger partial charge < -0.3 is 25.1 Å². The second kappa shape index (κ2) is 14.6. The van der Waals surface area contributed by atoms with Gasteiger partial charge in [-0.1, -0.05) is 48.5 Å². The van der Waals surface area contributed by atoms with Crippen LogP contribution in [-0.4, -0.2) is 87.7 Å². The number of hydrogen-bond acceptors (Lipinski definition) is 6. The summed E-state index contributed by atoms with van der Waals surface area (Å²) in [5.41, 5.74) is 1.27. The van der Waals surface area contributed by atoms with Gasteiger partial charge in [0.1, 0.15) is 18.0 Å². The molecular weight excluding hydrogens is 637 g/mol. The number of carbonyl (C=O) groups excluding carboxylic acids is 3. The number of amides is 4. The lowest BCUT2D eigenvalue weighted by atomic mass is 9.98. The van der Waals surface area contributed by atoms with Crippen LogP contribution in [0.4, 0.5) is 23.7 Å². The summed E-state index contributed by atoms with van der Waals surface area (Å²) >= 11 is 0. The molecule has 13 heteroatoms. The van der Waals surface area contributed by atoms with Crippen molar-refractivity contribution in [3.63, 3.8) is 0 Å². The first kappa shape index (κ1) is 35.3. The lowest BCUT2D eigenvalue weighted by molar-refractivity contribution is -0.189. The fourth-order valence-electron chi connectivity index (χ4n) is 6.20. The molecule has 2 heterocycles. The molecule has 0 saturated carbocycles. The fourth-order valence-corrected chi connectivity index (χ4v) is 6.20. The number of benzene rings is 3. The zero-order chi connectivity index (χ0) is 35.5. The molecule has 0 bridgehead atoms. The van der Waals surface area contributed by atoms with E-state index in [1.54, 1.807) is 41.2 Å². The smallest absolute Gasteiger partial charge is 0.416 e. The number of urea groups is 1. The van der Waals surface area contributed by atoms with E-state index in [9.17, 15) is 32.7 Å². The standard InChI is InChI=1S/C36H41F3N6O4/c1-5-15-43-23-33(47)44-31(18-25-11-13-30(46)14-12-25)34(48)42(22-32(44)45(43)35(49)40-20-26-9-7-6-8-10-26)21-27-16-28(36(37,38)39)19-29(17-27)41(4)24(2)3/h5-14,16-17,19,24,31-32,46H,1,15,18,20-23H2,2-4H3,(H,40,49)/t31-,32?/m0/s1. The van der Waals surface area contributed by atoms with Gasteiger partial charge in [0.25, 0.3) is 0 Å². The average molecular weight is 679 g/mol. The van der Waals surface area contributed by atoms with Crippen molar-refractivity contribution in [2.24, 2.45) is 0 Å². The van der Waals surface area contributed by atoms with Crippen molar-refractivity contribution in [1.29, 1.82) is 0 Å². The number of phenolic OH excluding ortho intramolecular Hbond substituents is 1. The monoisotopic (exact) mass is 678 g/mol. The van der Waals surface area contributed by atoms with Gasteiger partial charge in [0.05, 0.1) is 18.7 Å². The number of alkyl halides is 3. The molecule has 4 amide bonds. The van der Waals surface area contributed by atoms with Gasteiger partial charge in [0.2, 0.25) is 11.8 Å². The predicted molar refractivity (Wildman–Crippen MR) is 179 cm³/mol. The Morgan fingerprint density at radius 1 is 1.04 bits per heavy atom. The highest BCUT2D eigenvalue weighted by atomic mass is 19.4. The van der Waals surface area contributed by atoms with Crippen LogP contribution in [0.2, 0.25) is 0 Å². The van der Waals surface area contributed by atoms with E-state index in [0.29, 0.717) is 11.3 Å². The van der Waals surface area contributed by atoms with Crippen LogP contribution >= 0.6 is 0 Å². The first-order valence-electron chi connectivity index (χ1n) is 16.1. The second-order valence-corrected chi connectivity index (χ2v) is 12.6. The van der Waals surface area contributed by atoms with Crippen molar-refractivity contribution in [1.82, 2.24) is 25.1 Å². The molecule has 10 nitrogen and oxygen atoms in total. The second-order valence-electron chi connectivity index (χ2n) is 12.6. The quantitative estimate of drug-likeness (QED) is 0.293. The normalized spacial score (nSPS) is 18.5. The van der Waals surface area contributed by atoms with Crippen molar-refractivity contribution >= 4 is 23.5 Å². The molecule has 5 rings (SSSR count). The molecular formula is C36H41F3N6O4. The Morgan fingerprint density at radius 2 is 1.73 bits per heavy atom. The number of rotatable bonds is 10. The molecule has 2 saturated heterocycles. The molecule has 0 spiro atoms. The zero-order valence-corrected chi connectivity index (χ0v) is 27.7. The Labute approximate surface area is 284 Å². The molecule has 2 N–H and O–H groups in total. The van der Waals surface area contributed by atoms with E-state index in [4.69, 9.17) is 0 Å². The molecule has 49 heavy (non-hydrogen) atoms. The summed E-state index contributed by atoms with van der Waals surface area (Å²) < 4.78 is 42.3. The van der Waals surface area contributed by atoms with Gasteiger partial charge >= 0.3 is 12.2 Å². The van der Waals surface area contributed by atoms with E-state index in [1.807, 2.05) is 44.2 Å². The van der Waals surface area contributed by atoms with Crippen molar-refractivity contribution < 1.29 is 32.7 Å². The fraction of sp³-hybridized carbons (Fsp3) is 0.361. The zero-order valence-electron chi connectivity index (χ0n) is 27.7. The Bertz CT molecular complexity index is 1670. The molecule has 3 aromatic rings. The van der Waals surface area contributed by atoms with Crippen LogP contribution < -0.4 is 10.2 Å². The molecule has 0 aromatic heterocycles. The van der Waals surface area contributed by atoms with Crippen LogP contribution in [0.5, 0.6) is 5.75 Å². The van der Waals surface area contributed by atoms with E-state index >= 15 is 0 Å². The van der Waals surface area contributed by atoms with Gasteiger partial charge in [-0.25, -0.2) is 14.8 Å². The highest BCUT2D eigenvalue weighted by molar-refractivity contribution is 5.91. The third kappa shape index (κ3) is 7.99. The summed E-state index contributed by atoms with van der Waals surface area (Å²) in [6.45, 7) is 7.35. The minimum Gasteiger partial charge on any atom is -0.508 e. The van der Waals surface area contributed by atoms with Gasteiger partial charge in [-0.05, 0) is 60.9 Å². The maximum atomic E-state index is 14.3. The third-order valence-corrected chi connectivity index (χ3v) is 8.89. The van der Waals surface area contributed by atoms with E-state index in [0.717, 1.165) is 17.7 Å². The molecule has 2 fully saturated rings. The van der Waals surface area contributed by atoms with Gasteiger partial charge in [-0.3, -0.25) is 9.59 Å². The van der Waals surface area contributed by atoms with Crippen LogP contribution in [-0.2, 0) is 35.3 Å². The number of hydrazine groups is 1. The highest BCUT2D eigenvalue weighted by Gasteiger charge is 2.51.